The van der Waals surface area contributed by atoms with Crippen LogP contribution >= 0.6 is 0 Å². The second-order valence-electron chi connectivity index (χ2n) is 7.50. The summed E-state index contributed by atoms with van der Waals surface area (Å²) in [5.74, 6) is -0.831. The predicted octanol–water partition coefficient (Wildman–Crippen LogP) is 2.50. The summed E-state index contributed by atoms with van der Waals surface area (Å²) in [4.78, 5) is 25.4. The highest BCUT2D eigenvalue weighted by molar-refractivity contribution is 5.74. The summed E-state index contributed by atoms with van der Waals surface area (Å²) in [6.07, 6.45) is 0.0928. The molecule has 0 radical (unpaired) electrons. The number of carboxylic acid groups (broad SMARTS) is 1. The van der Waals surface area contributed by atoms with E-state index in [2.05, 4.69) is 5.32 Å². The van der Waals surface area contributed by atoms with Gasteiger partial charge in [-0.1, -0.05) is 12.1 Å². The summed E-state index contributed by atoms with van der Waals surface area (Å²) >= 11 is 0. The molecule has 1 aromatic carbocycles. The van der Waals surface area contributed by atoms with Crippen LogP contribution in [-0.4, -0.2) is 53.9 Å². The zero-order valence-electron chi connectivity index (χ0n) is 15.8. The van der Waals surface area contributed by atoms with Crippen molar-refractivity contribution in [1.29, 1.82) is 0 Å². The normalized spacial score (nSPS) is 20.5. The molecule has 144 valence electrons. The van der Waals surface area contributed by atoms with Crippen LogP contribution in [0.4, 0.5) is 4.79 Å². The summed E-state index contributed by atoms with van der Waals surface area (Å²) in [5.41, 5.74) is 0.417. The molecule has 26 heavy (non-hydrogen) atoms. The Morgan fingerprint density at radius 1 is 1.35 bits per heavy atom. The summed E-state index contributed by atoms with van der Waals surface area (Å²) in [5, 5.41) is 12.9. The van der Waals surface area contributed by atoms with Gasteiger partial charge in [0.15, 0.2) is 0 Å². The number of amides is 1. The molecule has 0 spiro atoms. The van der Waals surface area contributed by atoms with E-state index in [1.165, 1.54) is 4.90 Å². The second-order valence-corrected chi connectivity index (χ2v) is 7.50. The topological polar surface area (TPSA) is 88.1 Å². The van der Waals surface area contributed by atoms with Crippen LogP contribution in [0.3, 0.4) is 0 Å². The van der Waals surface area contributed by atoms with Crippen LogP contribution in [-0.2, 0) is 16.1 Å². The lowest BCUT2D eigenvalue weighted by Crippen LogP contribution is -2.54. The number of methoxy groups -OCH3 is 1. The Kier molecular flexibility index (Phi) is 6.47. The Hall–Kier alpha value is -2.28. The number of rotatable bonds is 5. The highest BCUT2D eigenvalue weighted by atomic mass is 16.6. The third-order valence-electron chi connectivity index (χ3n) is 4.28. The Balaban J connectivity index is 1.97. The van der Waals surface area contributed by atoms with Gasteiger partial charge >= 0.3 is 12.1 Å². The molecular formula is C19H28N2O5. The molecule has 0 aromatic heterocycles. The van der Waals surface area contributed by atoms with Gasteiger partial charge in [0.25, 0.3) is 0 Å². The molecule has 7 heteroatoms. The van der Waals surface area contributed by atoms with E-state index in [1.54, 1.807) is 27.9 Å². The molecule has 1 saturated heterocycles. The molecule has 2 rings (SSSR count). The molecule has 2 N–H and O–H groups in total. The van der Waals surface area contributed by atoms with Gasteiger partial charge in [-0.25, -0.2) is 4.79 Å². The lowest BCUT2D eigenvalue weighted by molar-refractivity contribution is -0.144. The van der Waals surface area contributed by atoms with Crippen molar-refractivity contribution >= 4 is 12.1 Å². The molecule has 1 fully saturated rings. The van der Waals surface area contributed by atoms with Crippen molar-refractivity contribution in [2.24, 2.45) is 5.92 Å². The first-order valence-electron chi connectivity index (χ1n) is 8.76. The number of carbonyl (C=O) groups excluding carboxylic acids is 1. The molecule has 0 unspecified atom stereocenters. The summed E-state index contributed by atoms with van der Waals surface area (Å²) < 4.78 is 10.6. The number of piperidine rings is 1. The van der Waals surface area contributed by atoms with Crippen LogP contribution in [0.5, 0.6) is 5.75 Å². The van der Waals surface area contributed by atoms with Gasteiger partial charge in [-0.15, -0.1) is 0 Å². The van der Waals surface area contributed by atoms with E-state index in [0.29, 0.717) is 19.5 Å². The minimum absolute atomic E-state index is 0.139. The van der Waals surface area contributed by atoms with Crippen LogP contribution in [0.25, 0.3) is 0 Å². The van der Waals surface area contributed by atoms with Crippen molar-refractivity contribution in [2.45, 2.75) is 45.4 Å². The van der Waals surface area contributed by atoms with Gasteiger partial charge in [0.1, 0.15) is 11.4 Å². The Morgan fingerprint density at radius 3 is 2.69 bits per heavy atom. The van der Waals surface area contributed by atoms with E-state index in [0.717, 1.165) is 11.3 Å². The van der Waals surface area contributed by atoms with Crippen molar-refractivity contribution in [2.75, 3.05) is 20.2 Å². The zero-order valence-corrected chi connectivity index (χ0v) is 15.8. The minimum atomic E-state index is -0.915. The van der Waals surface area contributed by atoms with Crippen molar-refractivity contribution in [3.63, 3.8) is 0 Å². The summed E-state index contributed by atoms with van der Waals surface area (Å²) in [7, 11) is 1.61. The number of hydrogen-bond donors (Lipinski definition) is 2. The summed E-state index contributed by atoms with van der Waals surface area (Å²) in [6.45, 7) is 6.53. The standard InChI is InChI=1S/C19H28N2O5/c1-19(2,3)26-18(24)21-9-8-16(15(12-21)17(22)23)20-11-13-6-5-7-14(10-13)25-4/h5-7,10,15-16,20H,8-9,11-12H2,1-4H3,(H,22,23)/t15-,16-/m0/s1. The van der Waals surface area contributed by atoms with Crippen LogP contribution in [0.1, 0.15) is 32.8 Å². The molecule has 7 nitrogen and oxygen atoms in total. The molecule has 1 aliphatic rings. The fourth-order valence-corrected chi connectivity index (χ4v) is 2.97. The zero-order chi connectivity index (χ0) is 19.3. The maximum atomic E-state index is 12.2. The van der Waals surface area contributed by atoms with Gasteiger partial charge in [-0.2, -0.15) is 0 Å². The van der Waals surface area contributed by atoms with E-state index < -0.39 is 23.6 Å². The van der Waals surface area contributed by atoms with Crippen LogP contribution in [0, 0.1) is 5.92 Å². The predicted molar refractivity (Wildman–Crippen MR) is 97.2 cm³/mol. The van der Waals surface area contributed by atoms with Crippen LogP contribution in [0.2, 0.25) is 0 Å². The second kappa shape index (κ2) is 8.40. The average Bonchev–Trinajstić information content (AvgIpc) is 2.58. The largest absolute Gasteiger partial charge is 0.497 e. The molecular weight excluding hydrogens is 336 g/mol. The van der Waals surface area contributed by atoms with E-state index in [4.69, 9.17) is 9.47 Å². The molecule has 2 atom stereocenters. The highest BCUT2D eigenvalue weighted by Crippen LogP contribution is 2.21. The van der Waals surface area contributed by atoms with Gasteiger partial charge in [0, 0.05) is 25.7 Å². The number of likely N-dealkylation sites (tertiary alicyclic amines) is 1. The first-order chi connectivity index (χ1) is 12.2. The van der Waals surface area contributed by atoms with Crippen LogP contribution < -0.4 is 10.1 Å². The van der Waals surface area contributed by atoms with Gasteiger partial charge in [-0.05, 0) is 44.9 Å². The van der Waals surface area contributed by atoms with E-state index >= 15 is 0 Å². The number of carbonyl (C=O) groups is 2. The molecule has 0 saturated carbocycles. The average molecular weight is 364 g/mol. The van der Waals surface area contributed by atoms with Crippen molar-refractivity contribution < 1.29 is 24.2 Å². The first-order valence-corrected chi connectivity index (χ1v) is 8.76. The quantitative estimate of drug-likeness (QED) is 0.835. The van der Waals surface area contributed by atoms with Gasteiger partial charge < -0.3 is 24.8 Å². The third kappa shape index (κ3) is 5.62. The smallest absolute Gasteiger partial charge is 0.410 e. The third-order valence-corrected chi connectivity index (χ3v) is 4.28. The van der Waals surface area contributed by atoms with Gasteiger partial charge in [-0.3, -0.25) is 4.79 Å². The van der Waals surface area contributed by atoms with Gasteiger partial charge in [0.05, 0.1) is 13.0 Å². The Morgan fingerprint density at radius 2 is 2.08 bits per heavy atom. The van der Waals surface area contributed by atoms with Crippen molar-refractivity contribution in [1.82, 2.24) is 10.2 Å². The number of nitrogens with one attached hydrogen (secondary N) is 1. The first kappa shape index (κ1) is 20.0. The van der Waals surface area contributed by atoms with Crippen molar-refractivity contribution in [3.05, 3.63) is 29.8 Å². The number of ether oxygens (including phenoxy) is 2. The molecule has 0 aliphatic carbocycles. The van der Waals surface area contributed by atoms with Gasteiger partial charge in [0.2, 0.25) is 0 Å². The number of aliphatic carboxylic acids is 1. The summed E-state index contributed by atoms with van der Waals surface area (Å²) in [6, 6.07) is 7.43. The fraction of sp³-hybridized carbons (Fsp3) is 0.579. The molecule has 1 heterocycles. The molecule has 0 bridgehead atoms. The minimum Gasteiger partial charge on any atom is -0.497 e. The number of carboxylic acids is 1. The SMILES string of the molecule is COc1cccc(CN[C@H]2CCN(C(=O)OC(C)(C)C)C[C@@H]2C(=O)O)c1. The number of benzene rings is 1. The maximum absolute atomic E-state index is 12.2. The van der Waals surface area contributed by atoms with Crippen LogP contribution in [0.15, 0.2) is 24.3 Å². The Labute approximate surface area is 154 Å². The molecule has 1 amide bonds. The lowest BCUT2D eigenvalue weighted by atomic mass is 9.92. The number of nitrogens with zero attached hydrogens (tertiary/aromatic N) is 1. The lowest BCUT2D eigenvalue weighted by Gasteiger charge is -2.37. The maximum Gasteiger partial charge on any atom is 0.410 e. The monoisotopic (exact) mass is 364 g/mol. The van der Waals surface area contributed by atoms with E-state index in [-0.39, 0.29) is 12.6 Å². The molecule has 1 aliphatic heterocycles. The molecule has 1 aromatic rings. The van der Waals surface area contributed by atoms with E-state index in [9.17, 15) is 14.7 Å². The highest BCUT2D eigenvalue weighted by Gasteiger charge is 2.37. The Bertz CT molecular complexity index is 641. The van der Waals surface area contributed by atoms with Crippen molar-refractivity contribution in [3.8, 4) is 5.75 Å². The van der Waals surface area contributed by atoms with E-state index in [1.807, 2.05) is 24.3 Å². The number of hydrogen-bond acceptors (Lipinski definition) is 5. The fourth-order valence-electron chi connectivity index (χ4n) is 2.97.